The lowest BCUT2D eigenvalue weighted by Crippen LogP contribution is -1.87. The van der Waals surface area contributed by atoms with Crippen LogP contribution in [0.5, 0.6) is 0 Å². The molecular formula is C26H22O2S2. The van der Waals surface area contributed by atoms with E-state index in [0.717, 1.165) is 41.4 Å². The van der Waals surface area contributed by atoms with Gasteiger partial charge in [0.15, 0.2) is 12.6 Å². The van der Waals surface area contributed by atoms with Crippen molar-refractivity contribution in [2.75, 3.05) is 0 Å². The number of rotatable bonds is 7. The molecule has 4 aromatic rings. The zero-order valence-electron chi connectivity index (χ0n) is 16.4. The number of carbonyl (C=O) groups excluding carboxylic acids is 2. The summed E-state index contributed by atoms with van der Waals surface area (Å²) in [5.74, 6) is 0. The van der Waals surface area contributed by atoms with Crippen LogP contribution in [0.3, 0.4) is 0 Å². The monoisotopic (exact) mass is 430 g/mol. The van der Waals surface area contributed by atoms with Crippen LogP contribution in [-0.2, 0) is 12.8 Å². The molecule has 150 valence electrons. The number of hydrogen-bond acceptors (Lipinski definition) is 4. The van der Waals surface area contributed by atoms with Gasteiger partial charge in [-0.2, -0.15) is 0 Å². The summed E-state index contributed by atoms with van der Waals surface area (Å²) in [6.45, 7) is 0. The van der Waals surface area contributed by atoms with E-state index in [9.17, 15) is 9.59 Å². The number of benzene rings is 2. The number of aryl methyl sites for hydroxylation is 2. The number of hydrogen-bond donors (Lipinski definition) is 0. The van der Waals surface area contributed by atoms with Crippen LogP contribution in [0, 0.1) is 0 Å². The lowest BCUT2D eigenvalue weighted by Gasteiger charge is -1.98. The molecule has 0 amide bonds. The predicted molar refractivity (Wildman–Crippen MR) is 129 cm³/mol. The Hall–Kier alpha value is -3.08. The fraction of sp³-hybridized carbons (Fsp3) is 0.0769. The molecule has 30 heavy (non-hydrogen) atoms. The second-order valence-electron chi connectivity index (χ2n) is 6.59. The van der Waals surface area contributed by atoms with Crippen molar-refractivity contribution in [3.8, 4) is 0 Å². The Labute approximate surface area is 185 Å². The molecule has 0 radical (unpaired) electrons. The van der Waals surface area contributed by atoms with Crippen LogP contribution in [-0.4, -0.2) is 12.6 Å². The third-order valence-corrected chi connectivity index (χ3v) is 6.26. The third kappa shape index (κ3) is 7.07. The molecule has 4 rings (SSSR count). The van der Waals surface area contributed by atoms with Crippen LogP contribution < -0.4 is 0 Å². The standard InChI is InChI=1S/C13H12OS.C13H10OS/c2*14-9-12-8-13(15-10-12)7-6-11-4-2-1-3-5-11/h1-5,8-10H,6-7H2;1-10H/b;7-6+. The summed E-state index contributed by atoms with van der Waals surface area (Å²) >= 11 is 3.24. The molecule has 2 aromatic carbocycles. The quantitative estimate of drug-likeness (QED) is 0.294. The summed E-state index contributed by atoms with van der Waals surface area (Å²) in [4.78, 5) is 23.4. The highest BCUT2D eigenvalue weighted by atomic mass is 32.1. The summed E-state index contributed by atoms with van der Waals surface area (Å²) in [5.41, 5.74) is 4.05. The minimum atomic E-state index is 0.743. The molecule has 4 heteroatoms. The fourth-order valence-electron chi connectivity index (χ4n) is 2.76. The lowest BCUT2D eigenvalue weighted by molar-refractivity contribution is 0.111. The summed E-state index contributed by atoms with van der Waals surface area (Å²) < 4.78 is 0. The summed E-state index contributed by atoms with van der Waals surface area (Å²) in [7, 11) is 0. The van der Waals surface area contributed by atoms with Crippen molar-refractivity contribution in [3.63, 3.8) is 0 Å². The zero-order chi connectivity index (χ0) is 21.0. The Kier molecular flexibility index (Phi) is 8.51. The van der Waals surface area contributed by atoms with Gasteiger partial charge in [0.2, 0.25) is 0 Å². The van der Waals surface area contributed by atoms with Crippen LogP contribution in [0.2, 0.25) is 0 Å². The maximum atomic E-state index is 10.5. The zero-order valence-corrected chi connectivity index (χ0v) is 18.1. The van der Waals surface area contributed by atoms with E-state index in [2.05, 4.69) is 24.3 Å². The van der Waals surface area contributed by atoms with Gasteiger partial charge in [0.1, 0.15) is 0 Å². The average Bonchev–Trinajstić information content (AvgIpc) is 3.47. The van der Waals surface area contributed by atoms with Crippen LogP contribution in [0.25, 0.3) is 12.2 Å². The molecule has 0 unspecified atom stereocenters. The maximum Gasteiger partial charge on any atom is 0.150 e. The van der Waals surface area contributed by atoms with E-state index in [1.165, 1.54) is 16.0 Å². The molecular weight excluding hydrogens is 408 g/mol. The van der Waals surface area contributed by atoms with E-state index in [4.69, 9.17) is 0 Å². The number of carbonyl (C=O) groups is 2. The summed E-state index contributed by atoms with van der Waals surface area (Å²) in [6.07, 6.45) is 7.90. The molecule has 0 saturated carbocycles. The number of thiophene rings is 2. The van der Waals surface area contributed by atoms with E-state index in [1.807, 2.05) is 71.4 Å². The summed E-state index contributed by atoms with van der Waals surface area (Å²) in [6, 6.07) is 24.4. The number of aldehydes is 2. The molecule has 0 aliphatic carbocycles. The van der Waals surface area contributed by atoms with E-state index in [0.29, 0.717) is 0 Å². The van der Waals surface area contributed by atoms with Crippen LogP contribution >= 0.6 is 22.7 Å². The van der Waals surface area contributed by atoms with E-state index >= 15 is 0 Å². The molecule has 0 saturated heterocycles. The molecule has 2 aromatic heterocycles. The molecule has 2 nitrogen and oxygen atoms in total. The Morgan fingerprint density at radius 2 is 1.27 bits per heavy atom. The van der Waals surface area contributed by atoms with Crippen molar-refractivity contribution in [1.82, 2.24) is 0 Å². The minimum absolute atomic E-state index is 0.743. The molecule has 0 aliphatic rings. The Morgan fingerprint density at radius 1 is 0.633 bits per heavy atom. The highest BCUT2D eigenvalue weighted by Crippen LogP contribution is 2.17. The molecule has 2 heterocycles. The predicted octanol–water partition coefficient (Wildman–Crippen LogP) is 7.08. The van der Waals surface area contributed by atoms with Gasteiger partial charge >= 0.3 is 0 Å². The first-order valence-corrected chi connectivity index (χ1v) is 11.4. The Bertz CT molecular complexity index is 1080. The highest BCUT2D eigenvalue weighted by Gasteiger charge is 1.99. The van der Waals surface area contributed by atoms with E-state index < -0.39 is 0 Å². The summed E-state index contributed by atoms with van der Waals surface area (Å²) in [5, 5.41) is 3.77. The van der Waals surface area contributed by atoms with Gasteiger partial charge in [-0.1, -0.05) is 66.7 Å². The lowest BCUT2D eigenvalue weighted by atomic mass is 10.1. The van der Waals surface area contributed by atoms with Gasteiger partial charge in [-0.3, -0.25) is 9.59 Å². The first-order chi connectivity index (χ1) is 14.8. The third-order valence-electron chi connectivity index (χ3n) is 4.33. The topological polar surface area (TPSA) is 34.1 Å². The second kappa shape index (κ2) is 11.8. The molecule has 0 aliphatic heterocycles. The van der Waals surface area contributed by atoms with Crippen molar-refractivity contribution in [3.05, 3.63) is 116 Å². The van der Waals surface area contributed by atoms with Gasteiger partial charge in [-0.25, -0.2) is 0 Å². The average molecular weight is 431 g/mol. The van der Waals surface area contributed by atoms with Crippen molar-refractivity contribution in [2.45, 2.75) is 12.8 Å². The largest absolute Gasteiger partial charge is 0.298 e. The van der Waals surface area contributed by atoms with Crippen LogP contribution in [0.4, 0.5) is 0 Å². The van der Waals surface area contributed by atoms with E-state index in [-0.39, 0.29) is 0 Å². The Morgan fingerprint density at radius 3 is 1.90 bits per heavy atom. The molecule has 0 spiro atoms. The minimum Gasteiger partial charge on any atom is -0.298 e. The van der Waals surface area contributed by atoms with Gasteiger partial charge in [-0.05, 0) is 42.2 Å². The van der Waals surface area contributed by atoms with Gasteiger partial charge in [0, 0.05) is 31.6 Å². The van der Waals surface area contributed by atoms with Crippen molar-refractivity contribution < 1.29 is 9.59 Å². The van der Waals surface area contributed by atoms with Crippen LogP contribution in [0.1, 0.15) is 41.6 Å². The van der Waals surface area contributed by atoms with Crippen molar-refractivity contribution in [2.24, 2.45) is 0 Å². The normalized spacial score (nSPS) is 10.4. The van der Waals surface area contributed by atoms with Gasteiger partial charge < -0.3 is 0 Å². The molecule has 0 N–H and O–H groups in total. The molecule has 0 atom stereocenters. The van der Waals surface area contributed by atoms with Gasteiger partial charge in [0.25, 0.3) is 0 Å². The van der Waals surface area contributed by atoms with Crippen molar-refractivity contribution in [1.29, 1.82) is 0 Å². The van der Waals surface area contributed by atoms with Crippen molar-refractivity contribution >= 4 is 47.4 Å². The first kappa shape index (κ1) is 21.6. The molecule has 0 fully saturated rings. The van der Waals surface area contributed by atoms with Gasteiger partial charge in [0.05, 0.1) is 0 Å². The Balaban J connectivity index is 0.000000171. The maximum absolute atomic E-state index is 10.5. The van der Waals surface area contributed by atoms with Gasteiger partial charge in [-0.15, -0.1) is 22.7 Å². The molecule has 0 bridgehead atoms. The smallest absolute Gasteiger partial charge is 0.150 e. The highest BCUT2D eigenvalue weighted by molar-refractivity contribution is 7.11. The van der Waals surface area contributed by atoms with Crippen LogP contribution in [0.15, 0.2) is 83.6 Å². The SMILES string of the molecule is O=Cc1csc(/C=C/c2ccccc2)c1.O=Cc1csc(CCc2ccccc2)c1. The second-order valence-corrected chi connectivity index (χ2v) is 8.53. The fourth-order valence-corrected chi connectivity index (χ4v) is 4.34. The van der Waals surface area contributed by atoms with E-state index in [1.54, 1.807) is 22.7 Å². The first-order valence-electron chi connectivity index (χ1n) is 9.60.